The van der Waals surface area contributed by atoms with Gasteiger partial charge in [-0.05, 0) is 0 Å². The van der Waals surface area contributed by atoms with Gasteiger partial charge >= 0.3 is 158 Å². The summed E-state index contributed by atoms with van der Waals surface area (Å²) in [6.07, 6.45) is 0.215. The number of fused-ring (bicyclic) bond motifs is 1. The molecule has 2 heteroatoms. The molecule has 0 amide bonds. The summed E-state index contributed by atoms with van der Waals surface area (Å²) in [5.74, 6) is -0.549. The van der Waals surface area contributed by atoms with E-state index in [1.807, 2.05) is 48.5 Å². The molecule has 24 heavy (non-hydrogen) atoms. The van der Waals surface area contributed by atoms with Gasteiger partial charge in [0.25, 0.3) is 0 Å². The van der Waals surface area contributed by atoms with Crippen molar-refractivity contribution in [2.24, 2.45) is 0 Å². The monoisotopic (exact) mass is 385 g/mol. The van der Waals surface area contributed by atoms with Crippen LogP contribution in [0, 0.1) is 0 Å². The van der Waals surface area contributed by atoms with E-state index in [1.165, 1.54) is 4.26 Å². The Kier molecular flexibility index (Phi) is 2.58. The van der Waals surface area contributed by atoms with Crippen LogP contribution in [0.3, 0.4) is 0 Å². The third-order valence-electron chi connectivity index (χ3n) is 3.84. The van der Waals surface area contributed by atoms with Crippen LogP contribution in [0.2, 0.25) is 0 Å². The van der Waals surface area contributed by atoms with Crippen molar-refractivity contribution in [2.75, 3.05) is 7.04 Å². The van der Waals surface area contributed by atoms with Crippen molar-refractivity contribution in [1.29, 1.82) is 0 Å². The van der Waals surface area contributed by atoms with E-state index in [0.717, 1.165) is 21.0 Å². The van der Waals surface area contributed by atoms with E-state index in [4.69, 9.17) is 14.3 Å². The van der Waals surface area contributed by atoms with Crippen LogP contribution in [0.15, 0.2) is 78.8 Å². The maximum absolute atomic E-state index is 8.43. The summed E-state index contributed by atoms with van der Waals surface area (Å²) in [6, 6.07) is 16.5. The van der Waals surface area contributed by atoms with E-state index >= 15 is 0 Å². The Balaban J connectivity index is 1.89. The van der Waals surface area contributed by atoms with Crippen LogP contribution in [0.1, 0.15) is 20.7 Å². The second kappa shape index (κ2) is 6.68. The molecule has 0 spiro atoms. The molecule has 0 saturated carbocycles. The van der Waals surface area contributed by atoms with Crippen LogP contribution in [0.25, 0.3) is 19.6 Å². The molecule has 1 heterocycles. The van der Waals surface area contributed by atoms with E-state index in [-0.39, 0.29) is 38.6 Å². The SMILES string of the molecule is [2H]c1c([2H])c(OC([2H])([2H])[2H])c([2H])c([2H])c1Cc1c(-c2ccccc2)[se]c2ccccc12. The molecule has 0 bridgehead atoms. The first-order chi connectivity index (χ1) is 14.7. The maximum atomic E-state index is 8.43. The molecule has 0 aliphatic rings. The third kappa shape index (κ3) is 2.91. The Morgan fingerprint density at radius 3 is 2.50 bits per heavy atom. The molecule has 3 aromatic carbocycles. The molecule has 0 aliphatic heterocycles. The van der Waals surface area contributed by atoms with E-state index in [0.29, 0.717) is 0 Å². The Morgan fingerprint density at radius 2 is 1.71 bits per heavy atom. The first-order valence-corrected chi connectivity index (χ1v) is 9.22. The van der Waals surface area contributed by atoms with E-state index in [2.05, 4.69) is 6.07 Å². The van der Waals surface area contributed by atoms with Gasteiger partial charge in [0.15, 0.2) is 0 Å². The van der Waals surface area contributed by atoms with Crippen molar-refractivity contribution >= 4 is 24.1 Å². The van der Waals surface area contributed by atoms with Crippen molar-refractivity contribution in [2.45, 2.75) is 6.42 Å². The second-order valence-corrected chi connectivity index (χ2v) is 7.57. The molecule has 0 atom stereocenters. The van der Waals surface area contributed by atoms with Gasteiger partial charge in [0.2, 0.25) is 0 Å². The summed E-state index contributed by atoms with van der Waals surface area (Å²) in [4.78, 5) is 0. The molecule has 0 radical (unpaired) electrons. The molecular formula is C22H18OSe. The van der Waals surface area contributed by atoms with E-state index < -0.39 is 24.9 Å². The number of benzene rings is 3. The quantitative estimate of drug-likeness (QED) is 0.442. The molecule has 4 aromatic rings. The fraction of sp³-hybridized carbons (Fsp3) is 0.0909. The Labute approximate surface area is 158 Å². The second-order valence-electron chi connectivity index (χ2n) is 5.36. The average Bonchev–Trinajstić information content (AvgIpc) is 3.11. The number of hydrogen-bond donors (Lipinski definition) is 0. The molecule has 0 N–H and O–H groups in total. The van der Waals surface area contributed by atoms with Crippen LogP contribution in [-0.2, 0) is 6.42 Å². The molecule has 0 saturated heterocycles. The topological polar surface area (TPSA) is 9.23 Å². The van der Waals surface area contributed by atoms with Crippen molar-refractivity contribution in [3.8, 4) is 15.8 Å². The zero-order chi connectivity index (χ0) is 22.3. The van der Waals surface area contributed by atoms with E-state index in [9.17, 15) is 0 Å². The Morgan fingerprint density at radius 1 is 0.958 bits per heavy atom. The zero-order valence-electron chi connectivity index (χ0n) is 19.7. The normalized spacial score (nSPS) is 15.6. The van der Waals surface area contributed by atoms with E-state index in [1.54, 1.807) is 0 Å². The van der Waals surface area contributed by atoms with Gasteiger partial charge in [0.05, 0.1) is 0 Å². The fourth-order valence-corrected chi connectivity index (χ4v) is 5.31. The van der Waals surface area contributed by atoms with Gasteiger partial charge in [-0.2, -0.15) is 0 Å². The van der Waals surface area contributed by atoms with Crippen molar-refractivity contribution in [3.63, 3.8) is 0 Å². The van der Waals surface area contributed by atoms with Crippen LogP contribution in [0.4, 0.5) is 0 Å². The minimum absolute atomic E-state index is 0.0512. The average molecular weight is 384 g/mol. The Hall–Kier alpha value is -2.28. The van der Waals surface area contributed by atoms with Gasteiger partial charge in [0.1, 0.15) is 0 Å². The van der Waals surface area contributed by atoms with Crippen LogP contribution in [0.5, 0.6) is 5.75 Å². The number of hydrogen-bond acceptors (Lipinski definition) is 1. The predicted molar refractivity (Wildman–Crippen MR) is 102 cm³/mol. The molecule has 1 aromatic heterocycles. The molecule has 1 nitrogen and oxygen atoms in total. The summed E-state index contributed by atoms with van der Waals surface area (Å²) in [5.41, 5.74) is 2.28. The molecule has 0 fully saturated rings. The summed E-state index contributed by atoms with van der Waals surface area (Å²) in [7, 11) is -2.86. The summed E-state index contributed by atoms with van der Waals surface area (Å²) >= 11 is 0.0512. The van der Waals surface area contributed by atoms with Gasteiger partial charge in [-0.3, -0.25) is 0 Å². The predicted octanol–water partition coefficient (Wildman–Crippen LogP) is 5.16. The molecule has 4 rings (SSSR count). The Bertz CT molecular complexity index is 1230. The van der Waals surface area contributed by atoms with Crippen molar-refractivity contribution < 1.29 is 14.3 Å². The van der Waals surface area contributed by atoms with Crippen LogP contribution >= 0.6 is 0 Å². The molecule has 0 aliphatic carbocycles. The van der Waals surface area contributed by atoms with Gasteiger partial charge < -0.3 is 0 Å². The molecular weight excluding hydrogens is 359 g/mol. The zero-order valence-corrected chi connectivity index (χ0v) is 14.4. The van der Waals surface area contributed by atoms with Crippen molar-refractivity contribution in [1.82, 2.24) is 0 Å². The number of methoxy groups -OCH3 is 1. The summed E-state index contributed by atoms with van der Waals surface area (Å²) in [5, 5.41) is 1.06. The van der Waals surface area contributed by atoms with Crippen LogP contribution < -0.4 is 4.74 Å². The van der Waals surface area contributed by atoms with Crippen molar-refractivity contribution in [3.05, 3.63) is 89.9 Å². The summed E-state index contributed by atoms with van der Waals surface area (Å²) in [6.45, 7) is 0. The third-order valence-corrected chi connectivity index (χ3v) is 6.49. The number of rotatable bonds is 4. The minimum atomic E-state index is -2.86. The first kappa shape index (κ1) is 9.27. The summed E-state index contributed by atoms with van der Waals surface area (Å²) < 4.78 is 62.2. The van der Waals surface area contributed by atoms with Crippen LogP contribution in [-0.4, -0.2) is 21.5 Å². The van der Waals surface area contributed by atoms with Gasteiger partial charge in [-0.15, -0.1) is 0 Å². The molecule has 118 valence electrons. The van der Waals surface area contributed by atoms with Gasteiger partial charge in [-0.1, -0.05) is 0 Å². The molecule has 0 unspecified atom stereocenters. The standard InChI is InChI=1S/C22H18OSe/c1-23-18-13-11-16(12-14-18)15-20-19-9-5-6-10-21(19)24-22(20)17-7-3-2-4-8-17/h2-14H,15H2,1H3/i1D3,11D,12D,13D,14D. The fourth-order valence-electron chi connectivity index (χ4n) is 2.74. The first-order valence-electron chi connectivity index (χ1n) is 11.0. The number of ether oxygens (including phenoxy) is 1. The van der Waals surface area contributed by atoms with Gasteiger partial charge in [-0.25, -0.2) is 0 Å². The van der Waals surface area contributed by atoms with Gasteiger partial charge in [0, 0.05) is 0 Å².